The summed E-state index contributed by atoms with van der Waals surface area (Å²) in [6, 6.07) is 1.29. The van der Waals surface area contributed by atoms with E-state index in [4.69, 9.17) is 9.47 Å². The van der Waals surface area contributed by atoms with Crippen molar-refractivity contribution in [1.82, 2.24) is 4.90 Å². The molecule has 0 saturated heterocycles. The van der Waals surface area contributed by atoms with E-state index in [1.807, 2.05) is 0 Å². The van der Waals surface area contributed by atoms with E-state index in [2.05, 4.69) is 46.4 Å². The molecule has 1 aliphatic rings. The minimum Gasteiger partial charge on any atom is -0.382 e. The fraction of sp³-hybridized carbons (Fsp3) is 1.00. The molecule has 3 heteroatoms. The van der Waals surface area contributed by atoms with Gasteiger partial charge in [0, 0.05) is 25.7 Å². The number of nitrogens with zero attached hydrogens (tertiary/aromatic N) is 1. The molecule has 1 rings (SSSR count). The smallest absolute Gasteiger partial charge is 0.0612 e. The molecule has 0 N–H and O–H groups in total. The third-order valence-corrected chi connectivity index (χ3v) is 3.92. The first-order valence-corrected chi connectivity index (χ1v) is 7.69. The van der Waals surface area contributed by atoms with Gasteiger partial charge in [0.1, 0.15) is 0 Å². The van der Waals surface area contributed by atoms with E-state index in [1.54, 1.807) is 7.11 Å². The summed E-state index contributed by atoms with van der Waals surface area (Å²) >= 11 is 0. The molecule has 1 aliphatic carbocycles. The Labute approximate surface area is 119 Å². The monoisotopic (exact) mass is 271 g/mol. The molecule has 0 aromatic heterocycles. The lowest BCUT2D eigenvalue weighted by Crippen LogP contribution is -2.52. The first-order valence-electron chi connectivity index (χ1n) is 7.69. The van der Waals surface area contributed by atoms with Crippen LogP contribution in [0.5, 0.6) is 0 Å². The maximum atomic E-state index is 6.03. The molecule has 114 valence electrons. The van der Waals surface area contributed by atoms with E-state index >= 15 is 0 Å². The highest BCUT2D eigenvalue weighted by molar-refractivity contribution is 4.90. The van der Waals surface area contributed by atoms with Gasteiger partial charge in [-0.25, -0.2) is 0 Å². The molecular formula is C16H33NO2. The van der Waals surface area contributed by atoms with Gasteiger partial charge in [0.25, 0.3) is 0 Å². The highest BCUT2D eigenvalue weighted by atomic mass is 16.5. The van der Waals surface area contributed by atoms with Crippen LogP contribution in [0, 0.1) is 0 Å². The van der Waals surface area contributed by atoms with Crippen molar-refractivity contribution in [1.29, 1.82) is 0 Å². The average molecular weight is 271 g/mol. The largest absolute Gasteiger partial charge is 0.382 e. The maximum absolute atomic E-state index is 6.03. The SMILES string of the molecule is COC(C)CCN(C(C)C)C1CC(OC(C)(C)C)C1. The van der Waals surface area contributed by atoms with Gasteiger partial charge in [-0.1, -0.05) is 0 Å². The van der Waals surface area contributed by atoms with Crippen LogP contribution in [-0.2, 0) is 9.47 Å². The molecule has 1 saturated carbocycles. The zero-order chi connectivity index (χ0) is 14.6. The molecule has 0 amide bonds. The summed E-state index contributed by atoms with van der Waals surface area (Å²) in [4.78, 5) is 2.61. The normalized spacial score (nSPS) is 25.7. The van der Waals surface area contributed by atoms with Crippen molar-refractivity contribution in [2.45, 2.75) is 90.7 Å². The van der Waals surface area contributed by atoms with Crippen LogP contribution in [0.1, 0.15) is 60.8 Å². The fourth-order valence-electron chi connectivity index (χ4n) is 2.72. The van der Waals surface area contributed by atoms with Crippen LogP contribution in [0.25, 0.3) is 0 Å². The van der Waals surface area contributed by atoms with Crippen molar-refractivity contribution in [3.63, 3.8) is 0 Å². The second kappa shape index (κ2) is 7.05. The van der Waals surface area contributed by atoms with Gasteiger partial charge in [-0.15, -0.1) is 0 Å². The predicted octanol–water partition coefficient (Wildman–Crippen LogP) is 3.47. The van der Waals surface area contributed by atoms with E-state index in [9.17, 15) is 0 Å². The molecule has 0 spiro atoms. The van der Waals surface area contributed by atoms with Gasteiger partial charge >= 0.3 is 0 Å². The lowest BCUT2D eigenvalue weighted by Gasteiger charge is -2.46. The van der Waals surface area contributed by atoms with E-state index in [-0.39, 0.29) is 5.60 Å². The summed E-state index contributed by atoms with van der Waals surface area (Å²) in [6.45, 7) is 14.3. The first kappa shape index (κ1) is 16.9. The summed E-state index contributed by atoms with van der Waals surface area (Å²) in [7, 11) is 1.79. The van der Waals surface area contributed by atoms with Crippen LogP contribution >= 0.6 is 0 Å². The Morgan fingerprint density at radius 2 is 1.74 bits per heavy atom. The van der Waals surface area contributed by atoms with Crippen LogP contribution in [-0.4, -0.2) is 48.4 Å². The maximum Gasteiger partial charge on any atom is 0.0612 e. The second-order valence-corrected chi connectivity index (χ2v) is 7.14. The minimum absolute atomic E-state index is 0.0110. The molecule has 0 radical (unpaired) electrons. The van der Waals surface area contributed by atoms with Crippen molar-refractivity contribution in [2.24, 2.45) is 0 Å². The molecule has 1 fully saturated rings. The molecule has 0 aliphatic heterocycles. The Morgan fingerprint density at radius 3 is 2.16 bits per heavy atom. The predicted molar refractivity (Wildman–Crippen MR) is 80.6 cm³/mol. The highest BCUT2D eigenvalue weighted by Crippen LogP contribution is 2.32. The molecule has 1 unspecified atom stereocenters. The molecule has 0 bridgehead atoms. The summed E-state index contributed by atoms with van der Waals surface area (Å²) in [5, 5.41) is 0. The van der Waals surface area contributed by atoms with Gasteiger partial charge in [0.05, 0.1) is 17.8 Å². The summed E-state index contributed by atoms with van der Waals surface area (Å²) in [6.07, 6.45) is 4.26. The Bertz CT molecular complexity index is 254. The molecule has 0 heterocycles. The van der Waals surface area contributed by atoms with E-state index in [0.29, 0.717) is 24.3 Å². The zero-order valence-corrected chi connectivity index (χ0v) is 13.9. The number of ether oxygens (including phenoxy) is 2. The molecule has 19 heavy (non-hydrogen) atoms. The Morgan fingerprint density at radius 1 is 1.16 bits per heavy atom. The van der Waals surface area contributed by atoms with Crippen LogP contribution in [0.2, 0.25) is 0 Å². The van der Waals surface area contributed by atoms with Gasteiger partial charge in [-0.05, 0) is 60.8 Å². The Balaban J connectivity index is 2.35. The van der Waals surface area contributed by atoms with Gasteiger partial charge < -0.3 is 9.47 Å². The number of hydrogen-bond acceptors (Lipinski definition) is 3. The van der Waals surface area contributed by atoms with Crippen LogP contribution in [0.4, 0.5) is 0 Å². The summed E-state index contributed by atoms with van der Waals surface area (Å²) in [5.41, 5.74) is -0.0110. The van der Waals surface area contributed by atoms with E-state index in [0.717, 1.165) is 13.0 Å². The van der Waals surface area contributed by atoms with E-state index in [1.165, 1.54) is 12.8 Å². The number of hydrogen-bond donors (Lipinski definition) is 0. The highest BCUT2D eigenvalue weighted by Gasteiger charge is 2.37. The first-order chi connectivity index (χ1) is 8.73. The van der Waals surface area contributed by atoms with Crippen molar-refractivity contribution in [3.8, 4) is 0 Å². The average Bonchev–Trinajstić information content (AvgIpc) is 2.22. The molecule has 3 nitrogen and oxygen atoms in total. The van der Waals surface area contributed by atoms with Gasteiger partial charge in [0.2, 0.25) is 0 Å². The van der Waals surface area contributed by atoms with Crippen molar-refractivity contribution >= 4 is 0 Å². The van der Waals surface area contributed by atoms with Crippen molar-refractivity contribution < 1.29 is 9.47 Å². The number of methoxy groups -OCH3 is 1. The minimum atomic E-state index is -0.0110. The Hall–Kier alpha value is -0.120. The fourth-order valence-corrected chi connectivity index (χ4v) is 2.72. The zero-order valence-electron chi connectivity index (χ0n) is 13.9. The van der Waals surface area contributed by atoms with Crippen molar-refractivity contribution in [2.75, 3.05) is 13.7 Å². The molecular weight excluding hydrogens is 238 g/mol. The quantitative estimate of drug-likeness (QED) is 0.708. The van der Waals surface area contributed by atoms with Crippen molar-refractivity contribution in [3.05, 3.63) is 0 Å². The van der Waals surface area contributed by atoms with E-state index < -0.39 is 0 Å². The lowest BCUT2D eigenvalue weighted by molar-refractivity contribution is -0.124. The molecule has 1 atom stereocenters. The Kier molecular flexibility index (Phi) is 6.28. The molecule has 0 aromatic carbocycles. The standard InChI is InChI=1S/C16H33NO2/c1-12(2)17(9-8-13(3)18-7)14-10-15(11-14)19-16(4,5)6/h12-15H,8-11H2,1-7H3. The topological polar surface area (TPSA) is 21.7 Å². The lowest BCUT2D eigenvalue weighted by atomic mass is 9.86. The summed E-state index contributed by atoms with van der Waals surface area (Å²) in [5.74, 6) is 0. The third kappa shape index (κ3) is 5.80. The summed E-state index contributed by atoms with van der Waals surface area (Å²) < 4.78 is 11.4. The van der Waals surface area contributed by atoms with Gasteiger partial charge in [-0.3, -0.25) is 4.90 Å². The third-order valence-electron chi connectivity index (χ3n) is 3.92. The number of rotatable bonds is 7. The van der Waals surface area contributed by atoms with Gasteiger partial charge in [0.15, 0.2) is 0 Å². The molecule has 0 aromatic rings. The van der Waals surface area contributed by atoms with Crippen LogP contribution in [0.3, 0.4) is 0 Å². The van der Waals surface area contributed by atoms with Crippen LogP contribution < -0.4 is 0 Å². The second-order valence-electron chi connectivity index (χ2n) is 7.14. The van der Waals surface area contributed by atoms with Crippen LogP contribution in [0.15, 0.2) is 0 Å². The van der Waals surface area contributed by atoms with Gasteiger partial charge in [-0.2, -0.15) is 0 Å².